The van der Waals surface area contributed by atoms with Crippen LogP contribution in [0.2, 0.25) is 0 Å². The number of aromatic nitrogens is 4. The van der Waals surface area contributed by atoms with Crippen molar-refractivity contribution in [2.75, 3.05) is 0 Å². The van der Waals surface area contributed by atoms with Gasteiger partial charge < -0.3 is 39.9 Å². The lowest BCUT2D eigenvalue weighted by Gasteiger charge is -2.18. The Labute approximate surface area is 380 Å². The predicted molar refractivity (Wildman–Crippen MR) is 251 cm³/mol. The SMILES string of the molecule is O=C(O)c1ccc(C2=c3ccc([nH]3)=C(c3ccc(C(=O)O)cc3)c3ccc(n3Cc3ccccc3)C(c3ccc(C(=O)O)cc3)=c3ccc([nH]3)=C(c3ccc(C(=O)O)cc3)c3ccc2[nH]3)cc1. The molecule has 7 N–H and O–H groups in total. The molecular formula is C55H38N4O8. The molecule has 0 saturated carbocycles. The van der Waals surface area contributed by atoms with Gasteiger partial charge in [0.05, 0.1) is 33.6 Å². The number of nitrogens with one attached hydrogen (secondary N) is 3. The molecule has 12 heteroatoms. The van der Waals surface area contributed by atoms with E-state index in [0.717, 1.165) is 61.5 Å². The van der Waals surface area contributed by atoms with Crippen LogP contribution in [0.4, 0.5) is 0 Å². The third-order valence-corrected chi connectivity index (χ3v) is 12.0. The Hall–Kier alpha value is -9.42. The van der Waals surface area contributed by atoms with Crippen LogP contribution in [-0.2, 0) is 6.54 Å². The van der Waals surface area contributed by atoms with Gasteiger partial charge in [-0.25, -0.2) is 19.2 Å². The van der Waals surface area contributed by atoms with Gasteiger partial charge >= 0.3 is 23.9 Å². The molecule has 9 aromatic rings. The Morgan fingerprint density at radius 3 is 0.985 bits per heavy atom. The van der Waals surface area contributed by atoms with Gasteiger partial charge in [-0.3, -0.25) is 0 Å². The predicted octanol–water partition coefficient (Wildman–Crippen LogP) is 6.62. The lowest BCUT2D eigenvalue weighted by atomic mass is 10.00. The van der Waals surface area contributed by atoms with E-state index in [1.807, 2.05) is 78.9 Å². The smallest absolute Gasteiger partial charge is 0.335 e. The Kier molecular flexibility index (Phi) is 10.5. The molecule has 1 aliphatic heterocycles. The molecule has 5 aromatic carbocycles. The lowest BCUT2D eigenvalue weighted by molar-refractivity contribution is 0.0686. The number of carboxylic acid groups (broad SMARTS) is 4. The topological polar surface area (TPSA) is 201 Å². The van der Waals surface area contributed by atoms with Crippen LogP contribution < -0.4 is 21.4 Å². The summed E-state index contributed by atoms with van der Waals surface area (Å²) in [6.07, 6.45) is 0. The Balaban J connectivity index is 1.37. The van der Waals surface area contributed by atoms with Crippen molar-refractivity contribution in [1.29, 1.82) is 0 Å². The van der Waals surface area contributed by atoms with Crippen molar-refractivity contribution < 1.29 is 39.6 Å². The van der Waals surface area contributed by atoms with Gasteiger partial charge in [-0.05, 0) is 125 Å². The van der Waals surface area contributed by atoms with E-state index in [1.165, 1.54) is 0 Å². The maximum Gasteiger partial charge on any atom is 0.335 e. The number of aromatic carboxylic acids is 4. The number of carboxylic acids is 4. The highest BCUT2D eigenvalue weighted by molar-refractivity contribution is 5.92. The molecule has 0 saturated heterocycles. The molecule has 0 aliphatic carbocycles. The maximum atomic E-state index is 12.1. The van der Waals surface area contributed by atoms with Gasteiger partial charge in [0.25, 0.3) is 0 Å². The summed E-state index contributed by atoms with van der Waals surface area (Å²) >= 11 is 0. The first kappa shape index (κ1) is 41.6. The van der Waals surface area contributed by atoms with Crippen LogP contribution >= 0.6 is 0 Å². The molecule has 4 aromatic heterocycles. The number of carbonyl (C=O) groups is 4. The summed E-state index contributed by atoms with van der Waals surface area (Å²) in [7, 11) is 0. The summed E-state index contributed by atoms with van der Waals surface area (Å²) < 4.78 is 2.20. The number of hydrogen-bond acceptors (Lipinski definition) is 4. The number of hydrogen-bond donors (Lipinski definition) is 7. The van der Waals surface area contributed by atoms with Crippen molar-refractivity contribution in [3.05, 3.63) is 270 Å². The van der Waals surface area contributed by atoms with Crippen LogP contribution in [0, 0.1) is 0 Å². The number of benzene rings is 5. The third kappa shape index (κ3) is 7.84. The normalized spacial score (nSPS) is 12.3. The quantitative estimate of drug-likeness (QED) is 0.0795. The highest BCUT2D eigenvalue weighted by Crippen LogP contribution is 2.31. The molecule has 5 heterocycles. The number of nitrogens with zero attached hydrogens (tertiary/aromatic N) is 1. The molecule has 0 amide bonds. The van der Waals surface area contributed by atoms with E-state index in [9.17, 15) is 39.6 Å². The summed E-state index contributed by atoms with van der Waals surface area (Å²) in [5, 5.41) is 42.2. The van der Waals surface area contributed by atoms with Crippen LogP contribution in [-0.4, -0.2) is 63.8 Å². The van der Waals surface area contributed by atoms with E-state index in [4.69, 9.17) is 0 Å². The second-order valence-corrected chi connectivity index (χ2v) is 16.1. The largest absolute Gasteiger partial charge is 0.478 e. The van der Waals surface area contributed by atoms with Gasteiger partial charge in [-0.1, -0.05) is 78.9 Å². The highest BCUT2D eigenvalue weighted by Gasteiger charge is 2.23. The van der Waals surface area contributed by atoms with Gasteiger partial charge in [-0.15, -0.1) is 0 Å². The van der Waals surface area contributed by atoms with Crippen LogP contribution in [0.15, 0.2) is 176 Å². The second-order valence-electron chi connectivity index (χ2n) is 16.1. The van der Waals surface area contributed by atoms with Gasteiger partial charge in [0, 0.05) is 61.6 Å². The minimum absolute atomic E-state index is 0.129. The van der Waals surface area contributed by atoms with Gasteiger partial charge in [0.1, 0.15) is 0 Å². The molecule has 326 valence electrons. The van der Waals surface area contributed by atoms with Gasteiger partial charge in [0.2, 0.25) is 0 Å². The average molecular weight is 883 g/mol. The summed E-state index contributed by atoms with van der Waals surface area (Å²) in [6.45, 7) is 0.400. The summed E-state index contributed by atoms with van der Waals surface area (Å²) in [4.78, 5) is 59.2. The summed E-state index contributed by atoms with van der Waals surface area (Å²) in [5.41, 5.74) is 10.4. The third-order valence-electron chi connectivity index (χ3n) is 12.0. The molecule has 10 rings (SSSR count). The first-order chi connectivity index (χ1) is 32.5. The maximum absolute atomic E-state index is 12.1. The first-order valence-corrected chi connectivity index (χ1v) is 21.2. The molecule has 0 spiro atoms. The number of rotatable bonds is 10. The zero-order valence-electron chi connectivity index (χ0n) is 35.3. The second kappa shape index (κ2) is 16.9. The minimum Gasteiger partial charge on any atom is -0.478 e. The molecule has 0 atom stereocenters. The highest BCUT2D eigenvalue weighted by atomic mass is 16.4. The van der Waals surface area contributed by atoms with Crippen molar-refractivity contribution in [3.63, 3.8) is 0 Å². The van der Waals surface area contributed by atoms with Crippen LogP contribution in [0.5, 0.6) is 0 Å². The standard InChI is InChI=1S/C55H38N4O8/c60-52(61)36-14-6-32(7-15-36)48-40-22-23-41(56-40)49(33-8-16-37(17-9-33)53(62)63)43-25-27-45(58-43)51(35-12-20-39(21-13-35)55(66)67)47-29-28-46(59(47)30-31-4-2-1-3-5-31)50(44-26-24-42(48)57-44)34-10-18-38(19-11-34)54(64)65/h1-29,56-58H,30H2,(H,60,61)(H,62,63)(H,64,65)(H,66,67). The van der Waals surface area contributed by atoms with E-state index in [2.05, 4.69) is 19.5 Å². The van der Waals surface area contributed by atoms with E-state index < -0.39 is 23.9 Å². The molecular weight excluding hydrogens is 845 g/mol. The number of H-pyrrole nitrogens is 3. The van der Waals surface area contributed by atoms with Crippen molar-refractivity contribution >= 4 is 46.2 Å². The van der Waals surface area contributed by atoms with Crippen molar-refractivity contribution in [3.8, 4) is 0 Å². The number of fused-ring (bicyclic) bond motifs is 8. The molecule has 8 bridgehead atoms. The fourth-order valence-electron chi connectivity index (χ4n) is 8.81. The Morgan fingerprint density at radius 1 is 0.343 bits per heavy atom. The Bertz CT molecular complexity index is 3460. The molecule has 1 aliphatic rings. The van der Waals surface area contributed by atoms with Crippen LogP contribution in [0.3, 0.4) is 0 Å². The molecule has 67 heavy (non-hydrogen) atoms. The van der Waals surface area contributed by atoms with E-state index in [1.54, 1.807) is 97.1 Å². The first-order valence-electron chi connectivity index (χ1n) is 21.2. The minimum atomic E-state index is -1.05. The van der Waals surface area contributed by atoms with Gasteiger partial charge in [0.15, 0.2) is 0 Å². The monoisotopic (exact) mass is 882 g/mol. The summed E-state index contributed by atoms with van der Waals surface area (Å²) in [5.74, 6) is -4.22. The molecule has 0 radical (unpaired) electrons. The number of aromatic amines is 3. The molecule has 0 unspecified atom stereocenters. The Morgan fingerprint density at radius 2 is 0.657 bits per heavy atom. The lowest BCUT2D eigenvalue weighted by Crippen LogP contribution is -2.21. The zero-order valence-corrected chi connectivity index (χ0v) is 35.3. The van der Waals surface area contributed by atoms with E-state index in [-0.39, 0.29) is 22.3 Å². The van der Waals surface area contributed by atoms with Crippen molar-refractivity contribution in [2.45, 2.75) is 6.54 Å². The van der Waals surface area contributed by atoms with Crippen LogP contribution in [0.1, 0.15) is 92.0 Å². The van der Waals surface area contributed by atoms with Crippen molar-refractivity contribution in [2.24, 2.45) is 0 Å². The van der Waals surface area contributed by atoms with Crippen molar-refractivity contribution in [1.82, 2.24) is 19.5 Å². The average Bonchev–Trinajstić information content (AvgIpc) is 4.18. The fraction of sp³-hybridized carbons (Fsp3) is 0.0182. The van der Waals surface area contributed by atoms with Crippen LogP contribution in [0.25, 0.3) is 22.3 Å². The zero-order chi connectivity index (χ0) is 46.3. The van der Waals surface area contributed by atoms with Gasteiger partial charge in [-0.2, -0.15) is 0 Å². The molecule has 0 fully saturated rings. The fourth-order valence-corrected chi connectivity index (χ4v) is 8.81. The van der Waals surface area contributed by atoms with E-state index in [0.29, 0.717) is 39.3 Å². The summed E-state index contributed by atoms with van der Waals surface area (Å²) in [6, 6.07) is 52.5. The molecule has 12 nitrogen and oxygen atoms in total. The van der Waals surface area contributed by atoms with E-state index >= 15 is 0 Å².